The Balaban J connectivity index is 2.23. The van der Waals surface area contributed by atoms with Crippen LogP contribution < -0.4 is 5.32 Å². The summed E-state index contributed by atoms with van der Waals surface area (Å²) in [7, 11) is 0. The first-order valence-electron chi connectivity index (χ1n) is 4.57. The van der Waals surface area contributed by atoms with Gasteiger partial charge in [0.05, 0.1) is 0 Å². The predicted molar refractivity (Wildman–Crippen MR) is 57.9 cm³/mol. The zero-order chi connectivity index (χ0) is 9.52. The molecule has 4 heteroatoms. The molecule has 0 spiro atoms. The first kappa shape index (κ1) is 10.6. The second-order valence-corrected chi connectivity index (χ2v) is 3.93. The lowest BCUT2D eigenvalue weighted by molar-refractivity contribution is 0.535. The van der Waals surface area contributed by atoms with Crippen LogP contribution in [0.1, 0.15) is 19.0 Å². The number of H-pyrrole nitrogens is 1. The molecule has 1 unspecified atom stereocenters. The van der Waals surface area contributed by atoms with Gasteiger partial charge in [0, 0.05) is 30.2 Å². The molecule has 0 bridgehead atoms. The van der Waals surface area contributed by atoms with E-state index in [1.807, 2.05) is 17.8 Å². The van der Waals surface area contributed by atoms with Crippen molar-refractivity contribution in [1.82, 2.24) is 15.5 Å². The molecule has 1 atom stereocenters. The quantitative estimate of drug-likeness (QED) is 0.732. The SMILES string of the molecule is CCC(CSC)NCc1ccn[nH]1. The Morgan fingerprint density at radius 1 is 1.69 bits per heavy atom. The van der Waals surface area contributed by atoms with Crippen LogP contribution in [0.2, 0.25) is 0 Å². The van der Waals surface area contributed by atoms with Gasteiger partial charge in [-0.15, -0.1) is 0 Å². The number of hydrogen-bond donors (Lipinski definition) is 2. The van der Waals surface area contributed by atoms with Crippen LogP contribution in [0.4, 0.5) is 0 Å². The molecule has 1 heterocycles. The molecule has 0 fully saturated rings. The predicted octanol–water partition coefficient (Wildman–Crippen LogP) is 1.64. The summed E-state index contributed by atoms with van der Waals surface area (Å²) < 4.78 is 0. The van der Waals surface area contributed by atoms with Crippen LogP contribution in [0.3, 0.4) is 0 Å². The number of nitrogens with one attached hydrogen (secondary N) is 2. The molecule has 0 saturated heterocycles. The van der Waals surface area contributed by atoms with Crippen molar-refractivity contribution < 1.29 is 0 Å². The molecule has 0 amide bonds. The Kier molecular flexibility index (Phi) is 4.93. The highest BCUT2D eigenvalue weighted by Crippen LogP contribution is 2.02. The third kappa shape index (κ3) is 3.83. The van der Waals surface area contributed by atoms with Crippen LogP contribution in [-0.4, -0.2) is 28.2 Å². The zero-order valence-corrected chi connectivity index (χ0v) is 9.03. The molecular formula is C9H17N3S. The van der Waals surface area contributed by atoms with Gasteiger partial charge in [0.25, 0.3) is 0 Å². The summed E-state index contributed by atoms with van der Waals surface area (Å²) in [6.45, 7) is 3.10. The van der Waals surface area contributed by atoms with E-state index in [4.69, 9.17) is 0 Å². The minimum absolute atomic E-state index is 0.610. The maximum absolute atomic E-state index is 3.90. The smallest absolute Gasteiger partial charge is 0.0490 e. The molecule has 0 radical (unpaired) electrons. The number of hydrogen-bond acceptors (Lipinski definition) is 3. The van der Waals surface area contributed by atoms with Gasteiger partial charge in [-0.25, -0.2) is 0 Å². The van der Waals surface area contributed by atoms with E-state index in [1.54, 1.807) is 6.20 Å². The monoisotopic (exact) mass is 199 g/mol. The van der Waals surface area contributed by atoms with Gasteiger partial charge in [0.2, 0.25) is 0 Å². The highest BCUT2D eigenvalue weighted by molar-refractivity contribution is 7.98. The zero-order valence-electron chi connectivity index (χ0n) is 8.21. The maximum atomic E-state index is 3.90. The number of aromatic amines is 1. The van der Waals surface area contributed by atoms with Crippen molar-refractivity contribution in [2.45, 2.75) is 25.9 Å². The molecule has 0 aliphatic rings. The minimum Gasteiger partial charge on any atom is -0.308 e. The molecule has 0 aliphatic carbocycles. The van der Waals surface area contributed by atoms with Gasteiger partial charge < -0.3 is 5.32 Å². The Morgan fingerprint density at radius 2 is 2.54 bits per heavy atom. The van der Waals surface area contributed by atoms with Crippen molar-refractivity contribution >= 4 is 11.8 Å². The van der Waals surface area contributed by atoms with E-state index < -0.39 is 0 Å². The van der Waals surface area contributed by atoms with Gasteiger partial charge in [0.15, 0.2) is 0 Å². The molecule has 1 aromatic rings. The molecule has 0 saturated carbocycles. The normalized spacial score (nSPS) is 13.1. The summed E-state index contributed by atoms with van der Waals surface area (Å²) in [6, 6.07) is 2.61. The molecule has 0 aromatic carbocycles. The van der Waals surface area contributed by atoms with E-state index in [0.29, 0.717) is 6.04 Å². The second kappa shape index (κ2) is 6.05. The molecule has 1 aromatic heterocycles. The summed E-state index contributed by atoms with van der Waals surface area (Å²) in [4.78, 5) is 0. The standard InChI is InChI=1S/C9H17N3S/c1-3-8(7-13-2)10-6-9-4-5-11-12-9/h4-5,8,10H,3,6-7H2,1-2H3,(H,11,12). The Labute approximate surface area is 83.7 Å². The Morgan fingerprint density at radius 3 is 3.08 bits per heavy atom. The lowest BCUT2D eigenvalue weighted by atomic mass is 10.2. The van der Waals surface area contributed by atoms with E-state index in [9.17, 15) is 0 Å². The first-order chi connectivity index (χ1) is 6.36. The van der Waals surface area contributed by atoms with E-state index in [-0.39, 0.29) is 0 Å². The average molecular weight is 199 g/mol. The fraction of sp³-hybridized carbons (Fsp3) is 0.667. The van der Waals surface area contributed by atoms with Crippen molar-refractivity contribution in [2.24, 2.45) is 0 Å². The fourth-order valence-electron chi connectivity index (χ4n) is 1.16. The highest BCUT2D eigenvalue weighted by Gasteiger charge is 2.04. The molecular weight excluding hydrogens is 182 g/mol. The number of thioether (sulfide) groups is 1. The van der Waals surface area contributed by atoms with Crippen molar-refractivity contribution in [2.75, 3.05) is 12.0 Å². The highest BCUT2D eigenvalue weighted by atomic mass is 32.2. The molecule has 74 valence electrons. The van der Waals surface area contributed by atoms with Gasteiger partial charge in [-0.1, -0.05) is 6.92 Å². The van der Waals surface area contributed by atoms with E-state index >= 15 is 0 Å². The lowest BCUT2D eigenvalue weighted by Gasteiger charge is -2.14. The van der Waals surface area contributed by atoms with Crippen molar-refractivity contribution in [3.8, 4) is 0 Å². The van der Waals surface area contributed by atoms with Crippen molar-refractivity contribution in [3.05, 3.63) is 18.0 Å². The van der Waals surface area contributed by atoms with Crippen LogP contribution in [-0.2, 0) is 6.54 Å². The van der Waals surface area contributed by atoms with Gasteiger partial charge in [0.1, 0.15) is 0 Å². The van der Waals surface area contributed by atoms with Crippen LogP contribution in [0.25, 0.3) is 0 Å². The number of nitrogens with zero attached hydrogens (tertiary/aromatic N) is 1. The van der Waals surface area contributed by atoms with Crippen LogP contribution in [0.15, 0.2) is 12.3 Å². The summed E-state index contributed by atoms with van der Waals surface area (Å²) in [5.41, 5.74) is 1.15. The van der Waals surface area contributed by atoms with E-state index in [0.717, 1.165) is 12.2 Å². The summed E-state index contributed by atoms with van der Waals surface area (Å²) in [5.74, 6) is 1.17. The maximum Gasteiger partial charge on any atom is 0.0490 e. The molecule has 1 rings (SSSR count). The Hall–Kier alpha value is -0.480. The van der Waals surface area contributed by atoms with E-state index in [1.165, 1.54) is 12.2 Å². The third-order valence-electron chi connectivity index (χ3n) is 2.00. The largest absolute Gasteiger partial charge is 0.308 e. The molecule has 3 nitrogen and oxygen atoms in total. The molecule has 13 heavy (non-hydrogen) atoms. The molecule has 0 aliphatic heterocycles. The van der Waals surface area contributed by atoms with Gasteiger partial charge in [-0.05, 0) is 18.7 Å². The Bertz CT molecular complexity index is 211. The van der Waals surface area contributed by atoms with Crippen LogP contribution in [0.5, 0.6) is 0 Å². The fourth-order valence-corrected chi connectivity index (χ4v) is 1.92. The van der Waals surface area contributed by atoms with E-state index in [2.05, 4.69) is 28.7 Å². The average Bonchev–Trinajstić information content (AvgIpc) is 2.64. The van der Waals surface area contributed by atoms with Gasteiger partial charge in [-0.3, -0.25) is 5.10 Å². The third-order valence-corrected chi connectivity index (χ3v) is 2.74. The number of rotatable bonds is 6. The summed E-state index contributed by atoms with van der Waals surface area (Å²) in [5, 5.41) is 10.3. The van der Waals surface area contributed by atoms with Crippen LogP contribution >= 0.6 is 11.8 Å². The summed E-state index contributed by atoms with van der Waals surface area (Å²) >= 11 is 1.88. The lowest BCUT2D eigenvalue weighted by Crippen LogP contribution is -2.30. The molecule has 2 N–H and O–H groups in total. The van der Waals surface area contributed by atoms with Crippen molar-refractivity contribution in [1.29, 1.82) is 0 Å². The van der Waals surface area contributed by atoms with Gasteiger partial charge >= 0.3 is 0 Å². The minimum atomic E-state index is 0.610. The topological polar surface area (TPSA) is 40.7 Å². The first-order valence-corrected chi connectivity index (χ1v) is 5.96. The second-order valence-electron chi connectivity index (χ2n) is 3.02. The summed E-state index contributed by atoms with van der Waals surface area (Å²) in [6.07, 6.45) is 5.10. The van der Waals surface area contributed by atoms with Crippen molar-refractivity contribution in [3.63, 3.8) is 0 Å². The van der Waals surface area contributed by atoms with Crippen LogP contribution in [0, 0.1) is 0 Å². The van der Waals surface area contributed by atoms with Gasteiger partial charge in [-0.2, -0.15) is 16.9 Å². The number of aromatic nitrogens is 2.